The van der Waals surface area contributed by atoms with Gasteiger partial charge in [-0.15, -0.1) is 0 Å². The smallest absolute Gasteiger partial charge is 0.261 e. The average Bonchev–Trinajstić information content (AvgIpc) is 3.08. The Labute approximate surface area is 183 Å². The molecule has 2 heterocycles. The van der Waals surface area contributed by atoms with Crippen molar-refractivity contribution in [3.63, 3.8) is 0 Å². The van der Waals surface area contributed by atoms with Gasteiger partial charge < -0.3 is 19.3 Å². The second kappa shape index (κ2) is 9.86. The maximum atomic E-state index is 13.1. The van der Waals surface area contributed by atoms with Crippen molar-refractivity contribution in [1.82, 2.24) is 4.90 Å². The van der Waals surface area contributed by atoms with Gasteiger partial charge in [0.1, 0.15) is 11.5 Å². The van der Waals surface area contributed by atoms with Gasteiger partial charge >= 0.3 is 0 Å². The van der Waals surface area contributed by atoms with Crippen LogP contribution in [0.2, 0.25) is 0 Å². The highest BCUT2D eigenvalue weighted by molar-refractivity contribution is 5.95. The first kappa shape index (κ1) is 21.2. The second-order valence-corrected chi connectivity index (χ2v) is 8.16. The van der Waals surface area contributed by atoms with E-state index in [2.05, 4.69) is 0 Å². The summed E-state index contributed by atoms with van der Waals surface area (Å²) in [6.07, 6.45) is 5.72. The van der Waals surface area contributed by atoms with Gasteiger partial charge in [0.15, 0.2) is 6.61 Å². The molecule has 4 rings (SSSR count). The Morgan fingerprint density at radius 3 is 2.35 bits per heavy atom. The van der Waals surface area contributed by atoms with Crippen LogP contribution in [0.25, 0.3) is 0 Å². The fraction of sp³-hybridized carbons (Fsp3) is 0.440. The highest BCUT2D eigenvalue weighted by Gasteiger charge is 2.27. The van der Waals surface area contributed by atoms with E-state index in [0.717, 1.165) is 62.2 Å². The largest absolute Gasteiger partial charge is 0.497 e. The van der Waals surface area contributed by atoms with Gasteiger partial charge in [0.25, 0.3) is 5.91 Å². The quantitative estimate of drug-likeness (QED) is 0.695. The van der Waals surface area contributed by atoms with Crippen molar-refractivity contribution in [2.45, 2.75) is 44.6 Å². The van der Waals surface area contributed by atoms with Gasteiger partial charge in [-0.1, -0.05) is 25.0 Å². The van der Waals surface area contributed by atoms with Crippen LogP contribution in [0.5, 0.6) is 11.5 Å². The number of anilines is 1. The minimum atomic E-state index is 0.00140. The van der Waals surface area contributed by atoms with Gasteiger partial charge in [-0.2, -0.15) is 0 Å². The van der Waals surface area contributed by atoms with Crippen molar-refractivity contribution in [2.75, 3.05) is 31.7 Å². The van der Waals surface area contributed by atoms with E-state index in [4.69, 9.17) is 9.47 Å². The molecule has 0 aliphatic carbocycles. The number of nitrogens with zero attached hydrogens (tertiary/aromatic N) is 2. The standard InChI is InChI=1S/C25H30N2O4/c1-30-21-12-8-19(9-13-21)23-6-3-2-4-16-27(23)25(29)18-31-22-14-10-20(11-15-22)26-17-5-7-24(26)28/h8-15,23H,2-7,16-18H2,1H3/t23-/m0/s1. The Kier molecular flexibility index (Phi) is 6.75. The third-order valence-corrected chi connectivity index (χ3v) is 6.16. The fourth-order valence-electron chi connectivity index (χ4n) is 4.45. The number of rotatable bonds is 6. The molecule has 0 bridgehead atoms. The molecule has 2 aliphatic heterocycles. The number of amides is 2. The van der Waals surface area contributed by atoms with Crippen LogP contribution in [0.15, 0.2) is 48.5 Å². The molecule has 1 atom stereocenters. The molecule has 31 heavy (non-hydrogen) atoms. The molecule has 2 aromatic rings. The lowest BCUT2D eigenvalue weighted by Crippen LogP contribution is -2.38. The number of hydrogen-bond donors (Lipinski definition) is 0. The summed E-state index contributed by atoms with van der Waals surface area (Å²) in [5.41, 5.74) is 2.02. The molecule has 2 aliphatic rings. The first-order valence-corrected chi connectivity index (χ1v) is 11.1. The SMILES string of the molecule is COc1ccc([C@@H]2CCCCCN2C(=O)COc2ccc(N3CCCC3=O)cc2)cc1. The number of hydrogen-bond acceptors (Lipinski definition) is 4. The predicted octanol–water partition coefficient (Wildman–Crippen LogP) is 4.34. The van der Waals surface area contributed by atoms with Crippen LogP contribution in [0, 0.1) is 0 Å². The lowest BCUT2D eigenvalue weighted by molar-refractivity contribution is -0.135. The maximum absolute atomic E-state index is 13.1. The number of carbonyl (C=O) groups excluding carboxylic acids is 2. The van der Waals surface area contributed by atoms with Crippen LogP contribution >= 0.6 is 0 Å². The normalized spacial score (nSPS) is 19.3. The molecular formula is C25H30N2O4. The van der Waals surface area contributed by atoms with Crippen LogP contribution < -0.4 is 14.4 Å². The van der Waals surface area contributed by atoms with Crippen LogP contribution in [-0.4, -0.2) is 43.5 Å². The van der Waals surface area contributed by atoms with Crippen molar-refractivity contribution in [1.29, 1.82) is 0 Å². The highest BCUT2D eigenvalue weighted by atomic mass is 16.5. The minimum Gasteiger partial charge on any atom is -0.497 e. The van der Waals surface area contributed by atoms with E-state index in [1.807, 2.05) is 53.4 Å². The summed E-state index contributed by atoms with van der Waals surface area (Å²) in [4.78, 5) is 28.7. The molecule has 2 saturated heterocycles. The lowest BCUT2D eigenvalue weighted by Gasteiger charge is -2.30. The van der Waals surface area contributed by atoms with Crippen molar-refractivity contribution in [3.05, 3.63) is 54.1 Å². The molecule has 6 heteroatoms. The molecule has 0 spiro atoms. The number of ether oxygens (including phenoxy) is 2. The molecule has 6 nitrogen and oxygen atoms in total. The van der Waals surface area contributed by atoms with Crippen LogP contribution in [0.4, 0.5) is 5.69 Å². The first-order chi connectivity index (χ1) is 15.2. The van der Waals surface area contributed by atoms with E-state index in [1.165, 1.54) is 0 Å². The monoisotopic (exact) mass is 422 g/mol. The zero-order valence-electron chi connectivity index (χ0n) is 18.1. The number of carbonyl (C=O) groups is 2. The molecular weight excluding hydrogens is 392 g/mol. The molecule has 0 saturated carbocycles. The lowest BCUT2D eigenvalue weighted by atomic mass is 10.0. The molecule has 0 unspecified atom stereocenters. The summed E-state index contributed by atoms with van der Waals surface area (Å²) in [7, 11) is 1.66. The fourth-order valence-corrected chi connectivity index (χ4v) is 4.45. The molecule has 2 amide bonds. The topological polar surface area (TPSA) is 59.1 Å². The second-order valence-electron chi connectivity index (χ2n) is 8.16. The van der Waals surface area contributed by atoms with Crippen molar-refractivity contribution in [2.24, 2.45) is 0 Å². The Balaban J connectivity index is 1.40. The van der Waals surface area contributed by atoms with E-state index >= 15 is 0 Å². The Hall–Kier alpha value is -3.02. The van der Waals surface area contributed by atoms with Crippen LogP contribution in [-0.2, 0) is 9.59 Å². The zero-order chi connectivity index (χ0) is 21.6. The van der Waals surface area contributed by atoms with E-state index in [-0.39, 0.29) is 24.5 Å². The van der Waals surface area contributed by atoms with Crippen molar-refractivity contribution in [3.8, 4) is 11.5 Å². The van der Waals surface area contributed by atoms with E-state index in [9.17, 15) is 9.59 Å². The van der Waals surface area contributed by atoms with E-state index in [0.29, 0.717) is 12.2 Å². The first-order valence-electron chi connectivity index (χ1n) is 11.1. The summed E-state index contributed by atoms with van der Waals surface area (Å²) in [6.45, 7) is 1.52. The summed E-state index contributed by atoms with van der Waals surface area (Å²) >= 11 is 0. The minimum absolute atomic E-state index is 0.00140. The van der Waals surface area contributed by atoms with Gasteiger partial charge in [-0.3, -0.25) is 9.59 Å². The molecule has 164 valence electrons. The Morgan fingerprint density at radius 2 is 1.68 bits per heavy atom. The third kappa shape index (κ3) is 5.01. The highest BCUT2D eigenvalue weighted by Crippen LogP contribution is 2.31. The predicted molar refractivity (Wildman–Crippen MR) is 119 cm³/mol. The third-order valence-electron chi connectivity index (χ3n) is 6.16. The van der Waals surface area contributed by atoms with Crippen molar-refractivity contribution >= 4 is 17.5 Å². The number of likely N-dealkylation sites (tertiary alicyclic amines) is 1. The summed E-state index contributed by atoms with van der Waals surface area (Å²) in [5.74, 6) is 1.62. The molecule has 0 N–H and O–H groups in total. The van der Waals surface area contributed by atoms with E-state index < -0.39 is 0 Å². The Bertz CT molecular complexity index is 895. The van der Waals surface area contributed by atoms with Gasteiger partial charge in [-0.05, 0) is 61.2 Å². The number of methoxy groups -OCH3 is 1. The molecule has 2 aromatic carbocycles. The van der Waals surface area contributed by atoms with E-state index in [1.54, 1.807) is 12.0 Å². The molecule has 2 fully saturated rings. The van der Waals surface area contributed by atoms with Crippen LogP contribution in [0.3, 0.4) is 0 Å². The molecule has 0 radical (unpaired) electrons. The van der Waals surface area contributed by atoms with Gasteiger partial charge in [0, 0.05) is 25.2 Å². The number of benzene rings is 2. The summed E-state index contributed by atoms with van der Waals surface area (Å²) in [6, 6.07) is 15.5. The van der Waals surface area contributed by atoms with Crippen LogP contribution in [0.1, 0.15) is 50.1 Å². The molecule has 0 aromatic heterocycles. The zero-order valence-corrected chi connectivity index (χ0v) is 18.1. The summed E-state index contributed by atoms with van der Waals surface area (Å²) < 4.78 is 11.1. The van der Waals surface area contributed by atoms with Gasteiger partial charge in [0.05, 0.1) is 13.2 Å². The maximum Gasteiger partial charge on any atom is 0.261 e. The Morgan fingerprint density at radius 1 is 0.935 bits per heavy atom. The van der Waals surface area contributed by atoms with Crippen molar-refractivity contribution < 1.29 is 19.1 Å². The van der Waals surface area contributed by atoms with Gasteiger partial charge in [0.2, 0.25) is 5.91 Å². The summed E-state index contributed by atoms with van der Waals surface area (Å²) in [5, 5.41) is 0. The van der Waals surface area contributed by atoms with Gasteiger partial charge in [-0.25, -0.2) is 0 Å². The average molecular weight is 423 g/mol.